The van der Waals surface area contributed by atoms with Crippen LogP contribution in [-0.4, -0.2) is 10.5 Å². The Balaban J connectivity index is 1.90. The maximum absolute atomic E-state index is 13.7. The standard InChI is InChI=1S/C16H12FN3O2S/c17-14-4-2-1-3-13(14)11-19-9-10-23-16(19)18-15(21)12-5-7-20(22)8-6-12/h1-10H,11H2. The van der Waals surface area contributed by atoms with E-state index in [1.165, 1.54) is 41.9 Å². The summed E-state index contributed by atoms with van der Waals surface area (Å²) in [4.78, 5) is 16.7. The smallest absolute Gasteiger partial charge is 0.280 e. The van der Waals surface area contributed by atoms with E-state index in [9.17, 15) is 14.4 Å². The largest absolute Gasteiger partial charge is 0.619 e. The van der Waals surface area contributed by atoms with Crippen molar-refractivity contribution in [2.45, 2.75) is 6.54 Å². The first-order valence-corrected chi connectivity index (χ1v) is 7.67. The maximum Gasteiger partial charge on any atom is 0.280 e. The van der Waals surface area contributed by atoms with Crippen LogP contribution in [0.15, 0.2) is 65.4 Å². The molecule has 0 aliphatic rings. The number of carbonyl (C=O) groups is 1. The molecule has 3 rings (SSSR count). The molecule has 0 radical (unpaired) electrons. The Labute approximate surface area is 135 Å². The van der Waals surface area contributed by atoms with Gasteiger partial charge in [-0.3, -0.25) is 4.79 Å². The summed E-state index contributed by atoms with van der Waals surface area (Å²) in [6, 6.07) is 9.29. The molecule has 1 aromatic carbocycles. The number of thiazole rings is 1. The van der Waals surface area contributed by atoms with Crippen LogP contribution in [0.25, 0.3) is 0 Å². The van der Waals surface area contributed by atoms with Gasteiger partial charge in [-0.05, 0) is 6.07 Å². The number of benzene rings is 1. The van der Waals surface area contributed by atoms with E-state index in [1.54, 1.807) is 34.3 Å². The number of carbonyl (C=O) groups excluding carboxylic acids is 1. The average Bonchev–Trinajstić information content (AvgIpc) is 2.97. The average molecular weight is 329 g/mol. The Hall–Kier alpha value is -2.80. The zero-order valence-corrected chi connectivity index (χ0v) is 12.7. The van der Waals surface area contributed by atoms with Gasteiger partial charge in [0.15, 0.2) is 17.2 Å². The van der Waals surface area contributed by atoms with Crippen molar-refractivity contribution in [2.75, 3.05) is 0 Å². The van der Waals surface area contributed by atoms with Crippen LogP contribution in [0.5, 0.6) is 0 Å². The molecule has 0 fully saturated rings. The molecule has 23 heavy (non-hydrogen) atoms. The lowest BCUT2D eigenvalue weighted by molar-refractivity contribution is -0.605. The summed E-state index contributed by atoms with van der Waals surface area (Å²) in [5.41, 5.74) is 0.842. The van der Waals surface area contributed by atoms with E-state index >= 15 is 0 Å². The quantitative estimate of drug-likeness (QED) is 0.546. The van der Waals surface area contributed by atoms with Crippen LogP contribution in [-0.2, 0) is 6.54 Å². The van der Waals surface area contributed by atoms with Crippen LogP contribution < -0.4 is 9.53 Å². The van der Waals surface area contributed by atoms with Gasteiger partial charge in [0.05, 0.1) is 12.1 Å². The Bertz CT molecular complexity index is 900. The van der Waals surface area contributed by atoms with Gasteiger partial charge in [0.2, 0.25) is 0 Å². The van der Waals surface area contributed by atoms with Crippen molar-refractivity contribution in [1.82, 2.24) is 4.57 Å². The highest BCUT2D eigenvalue weighted by atomic mass is 32.1. The lowest BCUT2D eigenvalue weighted by Crippen LogP contribution is -2.24. The van der Waals surface area contributed by atoms with Gasteiger partial charge in [-0.1, -0.05) is 18.2 Å². The Morgan fingerprint density at radius 3 is 2.74 bits per heavy atom. The van der Waals surface area contributed by atoms with Crippen LogP contribution in [0.1, 0.15) is 15.9 Å². The normalized spacial score (nSPS) is 11.6. The predicted octanol–water partition coefficient (Wildman–Crippen LogP) is 2.11. The third-order valence-corrected chi connectivity index (χ3v) is 4.00. The van der Waals surface area contributed by atoms with E-state index in [0.717, 1.165) is 0 Å². The molecule has 0 atom stereocenters. The summed E-state index contributed by atoms with van der Waals surface area (Å²) in [6.07, 6.45) is 4.23. The van der Waals surface area contributed by atoms with Crippen LogP contribution in [0.2, 0.25) is 0 Å². The summed E-state index contributed by atoms with van der Waals surface area (Å²) in [5.74, 6) is -0.748. The van der Waals surface area contributed by atoms with Crippen molar-refractivity contribution in [3.05, 3.63) is 87.3 Å². The fourth-order valence-electron chi connectivity index (χ4n) is 2.02. The summed E-state index contributed by atoms with van der Waals surface area (Å²) in [7, 11) is 0. The molecular formula is C16H12FN3O2S. The lowest BCUT2D eigenvalue weighted by atomic mass is 10.2. The Morgan fingerprint density at radius 1 is 1.26 bits per heavy atom. The van der Waals surface area contributed by atoms with Crippen molar-refractivity contribution >= 4 is 17.2 Å². The van der Waals surface area contributed by atoms with Gasteiger partial charge in [0, 0.05) is 29.3 Å². The zero-order chi connectivity index (χ0) is 16.2. The van der Waals surface area contributed by atoms with E-state index < -0.39 is 5.91 Å². The van der Waals surface area contributed by atoms with E-state index in [-0.39, 0.29) is 12.4 Å². The highest BCUT2D eigenvalue weighted by Crippen LogP contribution is 2.08. The first kappa shape index (κ1) is 15.1. The van der Waals surface area contributed by atoms with Gasteiger partial charge in [0.25, 0.3) is 5.91 Å². The highest BCUT2D eigenvalue weighted by molar-refractivity contribution is 7.07. The minimum Gasteiger partial charge on any atom is -0.619 e. The van der Waals surface area contributed by atoms with E-state index in [0.29, 0.717) is 20.7 Å². The topological polar surface area (TPSA) is 61.3 Å². The molecule has 0 unspecified atom stereocenters. The molecule has 0 N–H and O–H groups in total. The molecular weight excluding hydrogens is 317 g/mol. The molecule has 116 valence electrons. The molecule has 7 heteroatoms. The SMILES string of the molecule is O=C(N=c1sccn1Cc1ccccc1F)c1cc[n+]([O-])cc1. The van der Waals surface area contributed by atoms with Crippen LogP contribution in [0.4, 0.5) is 4.39 Å². The van der Waals surface area contributed by atoms with Crippen molar-refractivity contribution in [1.29, 1.82) is 0 Å². The molecule has 0 spiro atoms. The molecule has 0 aliphatic heterocycles. The molecule has 0 bridgehead atoms. The van der Waals surface area contributed by atoms with Gasteiger partial charge < -0.3 is 9.77 Å². The molecule has 0 aliphatic carbocycles. The van der Waals surface area contributed by atoms with Gasteiger partial charge in [-0.15, -0.1) is 11.3 Å². The minimum atomic E-state index is -0.449. The molecule has 0 saturated heterocycles. The molecule has 1 amide bonds. The zero-order valence-electron chi connectivity index (χ0n) is 11.9. The summed E-state index contributed by atoms with van der Waals surface area (Å²) < 4.78 is 16.0. The number of pyridine rings is 1. The number of hydrogen-bond acceptors (Lipinski definition) is 3. The number of hydrogen-bond donors (Lipinski definition) is 0. The third kappa shape index (κ3) is 3.51. The number of nitrogens with zero attached hydrogens (tertiary/aromatic N) is 3. The van der Waals surface area contributed by atoms with Gasteiger partial charge >= 0.3 is 0 Å². The number of amides is 1. The predicted molar refractivity (Wildman–Crippen MR) is 83.1 cm³/mol. The first-order valence-electron chi connectivity index (χ1n) is 6.79. The van der Waals surface area contributed by atoms with E-state index in [2.05, 4.69) is 4.99 Å². The third-order valence-electron chi connectivity index (χ3n) is 3.20. The fraction of sp³-hybridized carbons (Fsp3) is 0.0625. The molecule has 2 aromatic heterocycles. The van der Waals surface area contributed by atoms with Crippen molar-refractivity contribution < 1.29 is 13.9 Å². The van der Waals surface area contributed by atoms with Gasteiger partial charge in [-0.2, -0.15) is 9.72 Å². The molecule has 0 saturated carbocycles. The van der Waals surface area contributed by atoms with Crippen molar-refractivity contribution in [3.63, 3.8) is 0 Å². The van der Waals surface area contributed by atoms with E-state index in [1.807, 2.05) is 0 Å². The van der Waals surface area contributed by atoms with E-state index in [4.69, 9.17) is 0 Å². The minimum absolute atomic E-state index is 0.289. The molecule has 5 nitrogen and oxygen atoms in total. The lowest BCUT2D eigenvalue weighted by Gasteiger charge is -2.04. The van der Waals surface area contributed by atoms with Crippen LogP contribution >= 0.6 is 11.3 Å². The summed E-state index contributed by atoms with van der Waals surface area (Å²) in [5, 5.41) is 12.8. The summed E-state index contributed by atoms with van der Waals surface area (Å²) >= 11 is 1.29. The van der Waals surface area contributed by atoms with Gasteiger partial charge in [0.1, 0.15) is 5.82 Å². The fourth-order valence-corrected chi connectivity index (χ4v) is 2.75. The summed E-state index contributed by atoms with van der Waals surface area (Å²) in [6.45, 7) is 0.289. The first-order chi connectivity index (χ1) is 11.1. The Morgan fingerprint density at radius 2 is 2.00 bits per heavy atom. The van der Waals surface area contributed by atoms with Crippen LogP contribution in [0.3, 0.4) is 0 Å². The maximum atomic E-state index is 13.7. The highest BCUT2D eigenvalue weighted by Gasteiger charge is 2.07. The van der Waals surface area contributed by atoms with Crippen LogP contribution in [0, 0.1) is 11.0 Å². The molecule has 2 heterocycles. The second-order valence-corrected chi connectivity index (χ2v) is 5.64. The monoisotopic (exact) mass is 329 g/mol. The second kappa shape index (κ2) is 6.53. The second-order valence-electron chi connectivity index (χ2n) is 4.77. The van der Waals surface area contributed by atoms with Gasteiger partial charge in [-0.25, -0.2) is 4.39 Å². The Kier molecular flexibility index (Phi) is 4.29. The number of rotatable bonds is 3. The van der Waals surface area contributed by atoms with Crippen molar-refractivity contribution in [3.8, 4) is 0 Å². The number of halogens is 1. The molecule has 3 aromatic rings. The number of aromatic nitrogens is 2. The van der Waals surface area contributed by atoms with Crippen molar-refractivity contribution in [2.24, 2.45) is 4.99 Å².